The largest absolute Gasteiger partial charge is 0.613 e. The predicted octanol–water partition coefficient (Wildman–Crippen LogP) is 11.1. The Hall–Kier alpha value is -1.17. The number of aryl methyl sites for hydroxylation is 1. The van der Waals surface area contributed by atoms with Crippen molar-refractivity contribution in [3.63, 3.8) is 0 Å². The van der Waals surface area contributed by atoms with Gasteiger partial charge in [0.25, 0.3) is 0 Å². The van der Waals surface area contributed by atoms with Crippen molar-refractivity contribution < 1.29 is 42.6 Å². The molecule has 2 aromatic carbocycles. The van der Waals surface area contributed by atoms with Crippen LogP contribution in [-0.4, -0.2) is 17.4 Å². The average molecular weight is 671 g/mol. The molecule has 4 nitrogen and oxygen atoms in total. The Morgan fingerprint density at radius 2 is 1.40 bits per heavy atom. The van der Waals surface area contributed by atoms with Crippen LogP contribution in [0.25, 0.3) is 5.84 Å². The van der Waals surface area contributed by atoms with Gasteiger partial charge >= 0.3 is 0 Å². The van der Waals surface area contributed by atoms with Gasteiger partial charge in [0.15, 0.2) is 0 Å². The number of Topliss-reactive ketones (excluding diaryl/α,β-unsaturated/α-hetero) is 1. The summed E-state index contributed by atoms with van der Waals surface area (Å²) in [6.07, 6.45) is 16.1. The summed E-state index contributed by atoms with van der Waals surface area (Å²) in [5.74, 6) is 6.74. The number of nitrogens with one attached hydrogen (secondary N) is 2. The van der Waals surface area contributed by atoms with Crippen LogP contribution in [-0.2, 0) is 55.9 Å². The fourth-order valence-corrected chi connectivity index (χ4v) is 4.49. The van der Waals surface area contributed by atoms with Gasteiger partial charge in [-0.2, -0.15) is 0 Å². The van der Waals surface area contributed by atoms with E-state index in [1.165, 1.54) is 74.5 Å². The van der Waals surface area contributed by atoms with Crippen molar-refractivity contribution in [3.8, 4) is 0 Å². The van der Waals surface area contributed by atoms with E-state index in [-0.39, 0.29) is 50.5 Å². The molecule has 0 aliphatic carbocycles. The van der Waals surface area contributed by atoms with Gasteiger partial charge in [-0.1, -0.05) is 139 Å². The van der Waals surface area contributed by atoms with Crippen LogP contribution in [0.5, 0.6) is 0 Å². The van der Waals surface area contributed by atoms with Crippen LogP contribution < -0.4 is 5.43 Å². The Kier molecular flexibility index (Phi) is 34.7. The standard InChI is InChI=1S/C15H22O.C12H18O.C7H14.C4H11N2.Y/c1-4-5-11-15(3,12-13(2)16)14-9-7-6-8-10-14;1-2-3-4-5-11-6-8-12(10-13)9-7-11;1-4-6-7(3)5-2;1-2-3-4-6-5;/h6-10H,4-5,11-12H2,1-3H3;6-9,13H,2-5,10H2,1H3;5H,4,6H2,1-3H3;5-6H,2-4H2,1H3;/q;;;-1;/b;;7-5+;;. The maximum Gasteiger partial charge on any atom is 0.130 e. The second-order valence-electron chi connectivity index (χ2n) is 11.5. The number of hydrogen-bond acceptors (Lipinski definition) is 3. The third-order valence-corrected chi connectivity index (χ3v) is 7.26. The summed E-state index contributed by atoms with van der Waals surface area (Å²) in [7, 11) is 0. The molecule has 0 bridgehead atoms. The number of unbranched alkanes of at least 4 members (excludes halogenated alkanes) is 4. The molecule has 0 fully saturated rings. The summed E-state index contributed by atoms with van der Waals surface area (Å²) < 4.78 is 0. The summed E-state index contributed by atoms with van der Waals surface area (Å²) in [6.45, 7) is 17.9. The molecule has 0 aromatic heterocycles. The molecule has 2 rings (SSSR count). The summed E-state index contributed by atoms with van der Waals surface area (Å²) in [5.41, 5.74) is 7.51. The number of aliphatic hydroxyl groups is 1. The molecule has 0 saturated carbocycles. The molecule has 1 atom stereocenters. The van der Waals surface area contributed by atoms with Crippen LogP contribution in [0.1, 0.15) is 143 Å². The molecule has 0 heterocycles. The number of carbonyl (C=O) groups excluding carboxylic acids is 1. The fraction of sp³-hybridized carbons (Fsp3) is 0.605. The number of ketones is 1. The zero-order valence-electron chi connectivity index (χ0n) is 29.1. The first-order valence-corrected chi connectivity index (χ1v) is 16.4. The second-order valence-corrected chi connectivity index (χ2v) is 11.5. The molecular weight excluding hydrogens is 605 g/mol. The van der Waals surface area contributed by atoms with Crippen molar-refractivity contribution in [2.75, 3.05) is 6.54 Å². The van der Waals surface area contributed by atoms with E-state index in [9.17, 15) is 4.79 Å². The van der Waals surface area contributed by atoms with Gasteiger partial charge in [0.1, 0.15) is 5.78 Å². The summed E-state index contributed by atoms with van der Waals surface area (Å²) in [5, 5.41) is 8.84. The summed E-state index contributed by atoms with van der Waals surface area (Å²) in [6, 6.07) is 18.6. The SMILES string of the molecule is C/C=C(\C)CCC.CCCCC(C)(CC(C)=O)c1ccccc1.CCCCCc1ccc(CO)cc1.CCCCN[NH-].[Y]. The van der Waals surface area contributed by atoms with Crippen molar-refractivity contribution >= 4 is 5.78 Å². The molecule has 1 unspecified atom stereocenters. The van der Waals surface area contributed by atoms with Crippen LogP contribution in [0, 0.1) is 0 Å². The van der Waals surface area contributed by atoms with Gasteiger partial charge in [0.05, 0.1) is 6.61 Å². The number of rotatable bonds is 16. The van der Waals surface area contributed by atoms with Gasteiger partial charge in [-0.15, -0.1) is 0 Å². The maximum atomic E-state index is 11.4. The minimum atomic E-state index is 0. The third kappa shape index (κ3) is 26.9. The second kappa shape index (κ2) is 32.2. The van der Waals surface area contributed by atoms with Crippen molar-refractivity contribution in [1.82, 2.24) is 5.43 Å². The van der Waals surface area contributed by atoms with Gasteiger partial charge in [-0.3, -0.25) is 4.79 Å². The fourth-order valence-electron chi connectivity index (χ4n) is 4.49. The van der Waals surface area contributed by atoms with Gasteiger partial charge in [-0.05, 0) is 81.5 Å². The van der Waals surface area contributed by atoms with E-state index in [4.69, 9.17) is 10.9 Å². The summed E-state index contributed by atoms with van der Waals surface area (Å²) in [4.78, 5) is 11.4. The Bertz CT molecular complexity index is 896. The molecule has 0 saturated heterocycles. The van der Waals surface area contributed by atoms with E-state index < -0.39 is 0 Å². The molecular formula is C38H65N2O2Y-. The number of aliphatic hydroxyl groups excluding tert-OH is 1. The van der Waals surface area contributed by atoms with Crippen molar-refractivity contribution in [2.45, 2.75) is 144 Å². The first kappa shape index (κ1) is 46.3. The number of hydrogen-bond donors (Lipinski definition) is 2. The molecule has 0 spiro atoms. The molecule has 0 aliphatic heterocycles. The van der Waals surface area contributed by atoms with Crippen molar-refractivity contribution in [2.24, 2.45) is 0 Å². The molecule has 3 N–H and O–H groups in total. The monoisotopic (exact) mass is 670 g/mol. The Balaban J connectivity index is -0.000000531. The van der Waals surface area contributed by atoms with E-state index in [2.05, 4.69) is 96.4 Å². The van der Waals surface area contributed by atoms with E-state index in [0.717, 1.165) is 24.9 Å². The van der Waals surface area contributed by atoms with Crippen LogP contribution in [0.2, 0.25) is 0 Å². The van der Waals surface area contributed by atoms with Crippen LogP contribution in [0.3, 0.4) is 0 Å². The smallest absolute Gasteiger partial charge is 0.130 e. The zero-order chi connectivity index (χ0) is 32.1. The van der Waals surface area contributed by atoms with Gasteiger partial charge < -0.3 is 16.4 Å². The molecule has 1 radical (unpaired) electrons. The van der Waals surface area contributed by atoms with E-state index in [0.29, 0.717) is 6.42 Å². The number of allylic oxidation sites excluding steroid dienone is 2. The number of carbonyl (C=O) groups is 1. The average Bonchev–Trinajstić information content (AvgIpc) is 3.00. The van der Waals surface area contributed by atoms with E-state index in [1.54, 1.807) is 6.92 Å². The topological polar surface area (TPSA) is 73.1 Å². The van der Waals surface area contributed by atoms with Crippen LogP contribution in [0.4, 0.5) is 0 Å². The van der Waals surface area contributed by atoms with Crippen molar-refractivity contribution in [1.29, 1.82) is 0 Å². The minimum Gasteiger partial charge on any atom is -0.613 e. The molecule has 243 valence electrons. The number of benzene rings is 2. The molecule has 43 heavy (non-hydrogen) atoms. The molecule has 0 amide bonds. The van der Waals surface area contributed by atoms with Crippen LogP contribution >= 0.6 is 0 Å². The molecule has 5 heteroatoms. The first-order valence-electron chi connectivity index (χ1n) is 16.4. The Morgan fingerprint density at radius 3 is 1.79 bits per heavy atom. The zero-order valence-corrected chi connectivity index (χ0v) is 31.9. The van der Waals surface area contributed by atoms with Gasteiger partial charge in [0, 0.05) is 39.1 Å². The van der Waals surface area contributed by atoms with Gasteiger partial charge in [-0.25, -0.2) is 0 Å². The summed E-state index contributed by atoms with van der Waals surface area (Å²) >= 11 is 0. The predicted molar refractivity (Wildman–Crippen MR) is 186 cm³/mol. The minimum absolute atomic E-state index is 0. The first-order chi connectivity index (χ1) is 20.2. The quantitative estimate of drug-likeness (QED) is 0.106. The van der Waals surface area contributed by atoms with Crippen molar-refractivity contribution in [3.05, 3.63) is 88.8 Å². The third-order valence-electron chi connectivity index (χ3n) is 7.26. The Labute approximate surface area is 292 Å². The maximum absolute atomic E-state index is 11.4. The van der Waals surface area contributed by atoms with Crippen LogP contribution in [0.15, 0.2) is 66.2 Å². The normalized spacial score (nSPS) is 11.7. The van der Waals surface area contributed by atoms with Gasteiger partial charge in [0.2, 0.25) is 0 Å². The van der Waals surface area contributed by atoms with E-state index >= 15 is 0 Å². The molecule has 2 aromatic rings. The molecule has 0 aliphatic rings. The Morgan fingerprint density at radius 1 is 0.837 bits per heavy atom. The van der Waals surface area contributed by atoms with E-state index in [1.807, 2.05) is 18.2 Å².